The second-order valence-electron chi connectivity index (χ2n) is 5.33. The molecule has 0 saturated heterocycles. The Morgan fingerprint density at radius 2 is 1.76 bits per heavy atom. The van der Waals surface area contributed by atoms with Crippen LogP contribution in [0.4, 0.5) is 5.69 Å². The number of fused-ring (bicyclic) bond motifs is 1. The van der Waals surface area contributed by atoms with Crippen molar-refractivity contribution in [2.24, 2.45) is 0 Å². The van der Waals surface area contributed by atoms with Gasteiger partial charge >= 0.3 is 0 Å². The van der Waals surface area contributed by atoms with E-state index in [-0.39, 0.29) is 22.8 Å². The molecule has 3 N–H and O–H groups in total. The van der Waals surface area contributed by atoms with E-state index in [2.05, 4.69) is 4.98 Å². The fourth-order valence-corrected chi connectivity index (χ4v) is 2.96. The number of ether oxygens (including phenoxy) is 3. The Morgan fingerprint density at radius 3 is 2.40 bits per heavy atom. The number of methoxy groups -OCH3 is 3. The number of benzene rings is 2. The van der Waals surface area contributed by atoms with E-state index in [1.54, 1.807) is 24.4 Å². The van der Waals surface area contributed by atoms with E-state index in [0.29, 0.717) is 27.5 Å². The molecule has 0 saturated carbocycles. The van der Waals surface area contributed by atoms with Crippen LogP contribution in [0, 0.1) is 0 Å². The minimum atomic E-state index is -0.273. The first-order valence-electron chi connectivity index (χ1n) is 7.41. The molecule has 1 aromatic heterocycles. The van der Waals surface area contributed by atoms with Gasteiger partial charge < -0.3 is 24.9 Å². The van der Waals surface area contributed by atoms with Gasteiger partial charge in [0.25, 0.3) is 0 Å². The summed E-state index contributed by atoms with van der Waals surface area (Å²) in [5.74, 6) is 0.670. The highest BCUT2D eigenvalue weighted by Gasteiger charge is 2.24. The van der Waals surface area contributed by atoms with Crippen LogP contribution in [0.2, 0.25) is 5.02 Å². The molecule has 0 aliphatic heterocycles. The van der Waals surface area contributed by atoms with E-state index >= 15 is 0 Å². The van der Waals surface area contributed by atoms with Gasteiger partial charge in [0.2, 0.25) is 5.75 Å². The van der Waals surface area contributed by atoms with Crippen LogP contribution >= 0.6 is 11.6 Å². The molecule has 0 atom stereocenters. The van der Waals surface area contributed by atoms with Gasteiger partial charge in [0, 0.05) is 27.7 Å². The monoisotopic (exact) mass is 360 g/mol. The molecule has 1 heterocycles. The molecule has 0 spiro atoms. The lowest BCUT2D eigenvalue weighted by Gasteiger charge is -2.16. The number of rotatable bonds is 5. The van der Waals surface area contributed by atoms with Gasteiger partial charge in [-0.2, -0.15) is 0 Å². The number of aromatic nitrogens is 1. The molecule has 0 bridgehead atoms. The molecule has 0 fully saturated rings. The topological polar surface area (TPSA) is 86.6 Å². The number of aromatic amines is 1. The molecule has 3 rings (SSSR count). The Hall–Kier alpha value is -2.86. The number of nitrogen functional groups attached to an aromatic ring is 1. The van der Waals surface area contributed by atoms with Crippen LogP contribution < -0.4 is 19.9 Å². The Morgan fingerprint density at radius 1 is 1.04 bits per heavy atom. The first kappa shape index (κ1) is 17.0. The zero-order chi connectivity index (χ0) is 18.1. The number of hydrogen-bond donors (Lipinski definition) is 2. The molecule has 25 heavy (non-hydrogen) atoms. The van der Waals surface area contributed by atoms with Gasteiger partial charge in [0.05, 0.1) is 32.6 Å². The van der Waals surface area contributed by atoms with E-state index in [1.807, 2.05) is 6.07 Å². The number of hydrogen-bond acceptors (Lipinski definition) is 5. The van der Waals surface area contributed by atoms with Crippen LogP contribution in [-0.2, 0) is 0 Å². The second-order valence-corrected chi connectivity index (χ2v) is 5.76. The first-order chi connectivity index (χ1) is 12.0. The van der Waals surface area contributed by atoms with Crippen molar-refractivity contribution >= 4 is 34.0 Å². The maximum absolute atomic E-state index is 13.1. The zero-order valence-corrected chi connectivity index (χ0v) is 14.7. The zero-order valence-electron chi connectivity index (χ0n) is 14.0. The summed E-state index contributed by atoms with van der Waals surface area (Å²) in [5.41, 5.74) is 7.86. The largest absolute Gasteiger partial charge is 0.493 e. The summed E-state index contributed by atoms with van der Waals surface area (Å²) in [6, 6.07) is 6.84. The first-order valence-corrected chi connectivity index (χ1v) is 7.79. The van der Waals surface area contributed by atoms with Crippen molar-refractivity contribution in [1.82, 2.24) is 4.98 Å². The van der Waals surface area contributed by atoms with E-state index in [1.165, 1.54) is 21.3 Å². The number of anilines is 1. The van der Waals surface area contributed by atoms with E-state index in [0.717, 1.165) is 5.52 Å². The molecule has 130 valence electrons. The van der Waals surface area contributed by atoms with E-state index in [4.69, 9.17) is 31.5 Å². The number of ketones is 1. The van der Waals surface area contributed by atoms with E-state index in [9.17, 15) is 4.79 Å². The quantitative estimate of drug-likeness (QED) is 0.535. The normalized spacial score (nSPS) is 10.7. The molecular weight excluding hydrogens is 344 g/mol. The minimum absolute atomic E-state index is 0.182. The summed E-state index contributed by atoms with van der Waals surface area (Å²) >= 11 is 6.06. The maximum Gasteiger partial charge on any atom is 0.205 e. The standard InChI is InChI=1S/C18H17ClN2O4/c1-23-14-7-11(15(20)18(25-3)17(14)24-2)16(22)12-8-21-13-5-4-9(19)6-10(12)13/h4-8,21H,20H2,1-3H3. The minimum Gasteiger partial charge on any atom is -0.493 e. The molecular formula is C18H17ClN2O4. The lowest BCUT2D eigenvalue weighted by atomic mass is 10.00. The highest BCUT2D eigenvalue weighted by molar-refractivity contribution is 6.31. The summed E-state index contributed by atoms with van der Waals surface area (Å²) in [7, 11) is 4.41. The molecule has 7 heteroatoms. The van der Waals surface area contributed by atoms with Crippen LogP contribution in [-0.4, -0.2) is 32.1 Å². The Bertz CT molecular complexity index is 965. The lowest BCUT2D eigenvalue weighted by molar-refractivity contribution is 0.104. The highest BCUT2D eigenvalue weighted by Crippen LogP contribution is 2.44. The molecule has 0 aliphatic rings. The number of nitrogens with two attached hydrogens (primary N) is 1. The number of carbonyl (C=O) groups is 1. The number of carbonyl (C=O) groups excluding carboxylic acids is 1. The fourth-order valence-electron chi connectivity index (χ4n) is 2.79. The van der Waals surface area contributed by atoms with Gasteiger partial charge in [-0.05, 0) is 24.3 Å². The predicted molar refractivity (Wildman–Crippen MR) is 97.3 cm³/mol. The van der Waals surface area contributed by atoms with Gasteiger partial charge in [-0.15, -0.1) is 0 Å². The van der Waals surface area contributed by atoms with Gasteiger partial charge in [-0.25, -0.2) is 0 Å². The van der Waals surface area contributed by atoms with Crippen LogP contribution in [0.5, 0.6) is 17.2 Å². The lowest BCUT2D eigenvalue weighted by Crippen LogP contribution is -2.08. The van der Waals surface area contributed by atoms with Crippen LogP contribution in [0.25, 0.3) is 10.9 Å². The average molecular weight is 361 g/mol. The van der Waals surface area contributed by atoms with Crippen LogP contribution in [0.15, 0.2) is 30.5 Å². The van der Waals surface area contributed by atoms with Crippen molar-refractivity contribution in [3.8, 4) is 17.2 Å². The van der Waals surface area contributed by atoms with Crippen molar-refractivity contribution in [3.63, 3.8) is 0 Å². The van der Waals surface area contributed by atoms with Crippen LogP contribution in [0.3, 0.4) is 0 Å². The third-order valence-electron chi connectivity index (χ3n) is 4.00. The summed E-state index contributed by atoms with van der Waals surface area (Å²) < 4.78 is 15.9. The molecule has 2 aromatic carbocycles. The Labute approximate surface area is 149 Å². The van der Waals surface area contributed by atoms with Gasteiger partial charge in [-0.3, -0.25) is 4.79 Å². The highest BCUT2D eigenvalue weighted by atomic mass is 35.5. The third kappa shape index (κ3) is 2.74. The van der Waals surface area contributed by atoms with Crippen molar-refractivity contribution in [2.75, 3.05) is 27.1 Å². The summed E-state index contributed by atoms with van der Waals surface area (Å²) in [4.78, 5) is 16.2. The molecule has 0 amide bonds. The number of halogens is 1. The Kier molecular flexibility index (Phi) is 4.46. The fraction of sp³-hybridized carbons (Fsp3) is 0.167. The van der Waals surface area contributed by atoms with Crippen molar-refractivity contribution in [3.05, 3.63) is 46.6 Å². The molecule has 0 radical (unpaired) electrons. The SMILES string of the molecule is COc1cc(C(=O)c2c[nH]c3ccc(Cl)cc23)c(N)c(OC)c1OC. The van der Waals surface area contributed by atoms with Crippen molar-refractivity contribution in [2.45, 2.75) is 0 Å². The predicted octanol–water partition coefficient (Wildman–Crippen LogP) is 3.66. The molecule has 3 aromatic rings. The van der Waals surface area contributed by atoms with E-state index < -0.39 is 0 Å². The molecule has 0 aliphatic carbocycles. The number of H-pyrrole nitrogens is 1. The Balaban J connectivity index is 2.21. The summed E-state index contributed by atoms with van der Waals surface area (Å²) in [6.45, 7) is 0. The number of nitrogens with one attached hydrogen (secondary N) is 1. The van der Waals surface area contributed by atoms with Gasteiger partial charge in [0.15, 0.2) is 17.3 Å². The summed E-state index contributed by atoms with van der Waals surface area (Å²) in [6.07, 6.45) is 1.63. The van der Waals surface area contributed by atoms with Gasteiger partial charge in [-0.1, -0.05) is 11.6 Å². The molecule has 0 unspecified atom stereocenters. The van der Waals surface area contributed by atoms with Crippen LogP contribution in [0.1, 0.15) is 15.9 Å². The molecule has 6 nitrogen and oxygen atoms in total. The second kappa shape index (κ2) is 6.57. The van der Waals surface area contributed by atoms with Crippen molar-refractivity contribution in [1.29, 1.82) is 0 Å². The van der Waals surface area contributed by atoms with Crippen molar-refractivity contribution < 1.29 is 19.0 Å². The summed E-state index contributed by atoms with van der Waals surface area (Å²) in [5, 5.41) is 1.25. The maximum atomic E-state index is 13.1. The third-order valence-corrected chi connectivity index (χ3v) is 4.24. The smallest absolute Gasteiger partial charge is 0.205 e. The van der Waals surface area contributed by atoms with Gasteiger partial charge in [0.1, 0.15) is 0 Å². The average Bonchev–Trinajstić information content (AvgIpc) is 3.03.